The molecule has 25 heavy (non-hydrogen) atoms. The number of carboxylic acid groups (broad SMARTS) is 1. The molecule has 3 rings (SSSR count). The minimum absolute atomic E-state index is 0.140. The van der Waals surface area contributed by atoms with Crippen LogP contribution in [0.4, 0.5) is 20.1 Å². The fraction of sp³-hybridized carbons (Fsp3) is 0.118. The number of hydrogen-bond acceptors (Lipinski definition) is 5. The molecular weight excluding hydrogens is 343 g/mol. The highest BCUT2D eigenvalue weighted by atomic mass is 32.1. The van der Waals surface area contributed by atoms with Crippen molar-refractivity contribution < 1.29 is 14.3 Å². The molecule has 128 valence electrons. The van der Waals surface area contributed by atoms with Crippen LogP contribution in [0.25, 0.3) is 10.6 Å². The monoisotopic (exact) mass is 358 g/mol. The summed E-state index contributed by atoms with van der Waals surface area (Å²) in [6, 6.07) is 11.1. The van der Waals surface area contributed by atoms with E-state index in [0.717, 1.165) is 4.88 Å². The van der Waals surface area contributed by atoms with Crippen LogP contribution in [0.5, 0.6) is 0 Å². The number of halogens is 1. The lowest BCUT2D eigenvalue weighted by Gasteiger charge is -2.17. The van der Waals surface area contributed by atoms with Crippen molar-refractivity contribution in [1.29, 1.82) is 0 Å². The molecule has 0 aliphatic heterocycles. The summed E-state index contributed by atoms with van der Waals surface area (Å²) in [6.07, 6.45) is 0.567. The van der Waals surface area contributed by atoms with Crippen LogP contribution >= 0.6 is 11.3 Å². The van der Waals surface area contributed by atoms with Crippen LogP contribution in [-0.2, 0) is 6.54 Å². The third-order valence-electron chi connectivity index (χ3n) is 3.47. The molecule has 1 aromatic carbocycles. The minimum Gasteiger partial charge on any atom is -0.465 e. The Morgan fingerprint density at radius 2 is 2.00 bits per heavy atom. The molecule has 6 nitrogen and oxygen atoms in total. The second-order valence-electron chi connectivity index (χ2n) is 5.15. The van der Waals surface area contributed by atoms with E-state index in [0.29, 0.717) is 22.2 Å². The summed E-state index contributed by atoms with van der Waals surface area (Å²) in [5.41, 5.74) is 1.42. The summed E-state index contributed by atoms with van der Waals surface area (Å²) >= 11 is 1.32. The van der Waals surface area contributed by atoms with Gasteiger partial charge < -0.3 is 10.4 Å². The Balaban J connectivity index is 1.86. The van der Waals surface area contributed by atoms with Gasteiger partial charge in [0.05, 0.1) is 17.1 Å². The van der Waals surface area contributed by atoms with Crippen LogP contribution in [0.15, 0.2) is 48.7 Å². The normalized spacial score (nSPS) is 10.5. The smallest absolute Gasteiger partial charge is 0.412 e. The molecule has 2 N–H and O–H groups in total. The summed E-state index contributed by atoms with van der Waals surface area (Å²) in [7, 11) is 1.73. The van der Waals surface area contributed by atoms with Gasteiger partial charge in [0.1, 0.15) is 10.8 Å². The van der Waals surface area contributed by atoms with Crippen molar-refractivity contribution in [2.24, 2.45) is 0 Å². The predicted molar refractivity (Wildman–Crippen MR) is 95.5 cm³/mol. The minimum atomic E-state index is -1.07. The fourth-order valence-electron chi connectivity index (χ4n) is 2.24. The molecule has 2 heterocycles. The molecule has 0 radical (unpaired) electrons. The van der Waals surface area contributed by atoms with Crippen molar-refractivity contribution in [2.75, 3.05) is 17.3 Å². The van der Waals surface area contributed by atoms with Crippen molar-refractivity contribution in [1.82, 2.24) is 9.97 Å². The van der Waals surface area contributed by atoms with Crippen LogP contribution < -0.4 is 10.2 Å². The standard InChI is InChI=1S/C17H15FN4O2S/c1-19-16-20-9-8-13(21-16)14-6-7-15(25-14)22(17(23)24)10-11-2-4-12(18)5-3-11/h2-9H,10H2,1H3,(H,23,24)(H,19,20,21). The number of anilines is 2. The Morgan fingerprint density at radius 3 is 2.68 bits per heavy atom. The lowest BCUT2D eigenvalue weighted by Crippen LogP contribution is -2.27. The van der Waals surface area contributed by atoms with Crippen molar-refractivity contribution in [3.05, 3.63) is 60.0 Å². The van der Waals surface area contributed by atoms with Crippen LogP contribution in [0.1, 0.15) is 5.56 Å². The molecule has 8 heteroatoms. The van der Waals surface area contributed by atoms with Crippen molar-refractivity contribution in [3.8, 4) is 10.6 Å². The zero-order chi connectivity index (χ0) is 17.8. The third kappa shape index (κ3) is 3.92. The Bertz CT molecular complexity index is 882. The molecule has 0 aliphatic rings. The second kappa shape index (κ2) is 7.27. The van der Waals surface area contributed by atoms with E-state index in [1.807, 2.05) is 6.07 Å². The number of hydrogen-bond donors (Lipinski definition) is 2. The number of benzene rings is 1. The van der Waals surface area contributed by atoms with E-state index in [4.69, 9.17) is 0 Å². The SMILES string of the molecule is CNc1nccc(-c2ccc(N(Cc3ccc(F)cc3)C(=O)O)s2)n1. The van der Waals surface area contributed by atoms with E-state index in [9.17, 15) is 14.3 Å². The van der Waals surface area contributed by atoms with Crippen molar-refractivity contribution in [2.45, 2.75) is 6.54 Å². The lowest BCUT2D eigenvalue weighted by molar-refractivity contribution is 0.201. The van der Waals surface area contributed by atoms with Gasteiger partial charge in [0.2, 0.25) is 5.95 Å². The van der Waals surface area contributed by atoms with Gasteiger partial charge in [-0.25, -0.2) is 19.2 Å². The van der Waals surface area contributed by atoms with Crippen LogP contribution in [0.3, 0.4) is 0 Å². The maximum Gasteiger partial charge on any atom is 0.412 e. The molecule has 0 saturated carbocycles. The summed E-state index contributed by atoms with van der Waals surface area (Å²) < 4.78 is 13.0. The Hall–Kier alpha value is -3.00. The molecule has 1 amide bonds. The summed E-state index contributed by atoms with van der Waals surface area (Å²) in [5, 5.41) is 13.0. The topological polar surface area (TPSA) is 78.4 Å². The second-order valence-corrected chi connectivity index (χ2v) is 6.21. The fourth-order valence-corrected chi connectivity index (χ4v) is 3.21. The van der Waals surface area contributed by atoms with Crippen LogP contribution in [0.2, 0.25) is 0 Å². The van der Waals surface area contributed by atoms with Gasteiger partial charge in [-0.2, -0.15) is 0 Å². The lowest BCUT2D eigenvalue weighted by atomic mass is 10.2. The van der Waals surface area contributed by atoms with E-state index in [-0.39, 0.29) is 12.4 Å². The third-order valence-corrected chi connectivity index (χ3v) is 4.61. The van der Waals surface area contributed by atoms with Gasteiger partial charge in [-0.15, -0.1) is 11.3 Å². The number of thiophene rings is 1. The summed E-state index contributed by atoms with van der Waals surface area (Å²) in [6.45, 7) is 0.140. The zero-order valence-corrected chi connectivity index (χ0v) is 14.1. The van der Waals surface area contributed by atoms with Crippen LogP contribution in [0, 0.1) is 5.82 Å². The molecule has 0 aliphatic carbocycles. The summed E-state index contributed by atoms with van der Waals surface area (Å²) in [5.74, 6) is 0.141. The van der Waals surface area contributed by atoms with E-state index < -0.39 is 6.09 Å². The van der Waals surface area contributed by atoms with Gasteiger partial charge >= 0.3 is 6.09 Å². The van der Waals surface area contributed by atoms with E-state index in [2.05, 4.69) is 15.3 Å². The van der Waals surface area contributed by atoms with E-state index in [1.165, 1.54) is 28.4 Å². The molecule has 0 fully saturated rings. The maximum absolute atomic E-state index is 13.0. The first-order valence-electron chi connectivity index (χ1n) is 7.43. The average Bonchev–Trinajstić information content (AvgIpc) is 3.10. The highest BCUT2D eigenvalue weighted by molar-refractivity contribution is 7.19. The van der Waals surface area contributed by atoms with Gasteiger partial charge in [0, 0.05) is 13.2 Å². The van der Waals surface area contributed by atoms with E-state index >= 15 is 0 Å². The van der Waals surface area contributed by atoms with Gasteiger partial charge in [-0.1, -0.05) is 12.1 Å². The molecule has 3 aromatic rings. The molecule has 2 aromatic heterocycles. The molecule has 0 saturated heterocycles. The number of amides is 1. The van der Waals surface area contributed by atoms with Crippen molar-refractivity contribution in [3.63, 3.8) is 0 Å². The first-order valence-corrected chi connectivity index (χ1v) is 8.24. The van der Waals surface area contributed by atoms with Crippen molar-refractivity contribution >= 4 is 28.4 Å². The Kier molecular flexibility index (Phi) is 4.90. The first-order chi connectivity index (χ1) is 12.1. The molecule has 0 spiro atoms. The van der Waals surface area contributed by atoms with Gasteiger partial charge in [-0.3, -0.25) is 4.90 Å². The Morgan fingerprint density at radius 1 is 1.24 bits per heavy atom. The Labute approximate surface area is 147 Å². The molecular formula is C17H15FN4O2S. The van der Waals surface area contributed by atoms with Crippen LogP contribution in [-0.4, -0.2) is 28.2 Å². The maximum atomic E-state index is 13.0. The number of nitrogens with zero attached hydrogens (tertiary/aromatic N) is 3. The van der Waals surface area contributed by atoms with Gasteiger partial charge in [-0.05, 0) is 35.9 Å². The summed E-state index contributed by atoms with van der Waals surface area (Å²) in [4.78, 5) is 22.1. The molecule has 0 atom stereocenters. The zero-order valence-electron chi connectivity index (χ0n) is 13.3. The van der Waals surface area contributed by atoms with Gasteiger partial charge in [0.15, 0.2) is 0 Å². The first kappa shape index (κ1) is 16.8. The predicted octanol–water partition coefficient (Wildman–Crippen LogP) is 4.07. The number of carbonyl (C=O) groups is 1. The number of nitrogens with one attached hydrogen (secondary N) is 1. The average molecular weight is 358 g/mol. The highest BCUT2D eigenvalue weighted by Crippen LogP contribution is 2.33. The largest absolute Gasteiger partial charge is 0.465 e. The highest BCUT2D eigenvalue weighted by Gasteiger charge is 2.18. The molecule has 0 unspecified atom stereocenters. The molecule has 0 bridgehead atoms. The quantitative estimate of drug-likeness (QED) is 0.719. The number of aromatic nitrogens is 2. The van der Waals surface area contributed by atoms with Gasteiger partial charge in [0.25, 0.3) is 0 Å². The van der Waals surface area contributed by atoms with E-state index in [1.54, 1.807) is 37.5 Å². The number of rotatable bonds is 5.